The molecule has 0 saturated carbocycles. The minimum atomic E-state index is 0.241. The Balaban J connectivity index is 2.04. The van der Waals surface area contributed by atoms with Gasteiger partial charge in [0.15, 0.2) is 11.5 Å². The molecule has 0 fully saturated rings. The van der Waals surface area contributed by atoms with E-state index in [1.54, 1.807) is 7.11 Å². The van der Waals surface area contributed by atoms with Gasteiger partial charge in [-0.1, -0.05) is 37.3 Å². The summed E-state index contributed by atoms with van der Waals surface area (Å²) in [5.74, 6) is 2.62. The molecular formula is C16H16O3. The maximum Gasteiger partial charge on any atom is 0.231 e. The summed E-state index contributed by atoms with van der Waals surface area (Å²) in [7, 11) is 1.68. The topological polar surface area (TPSA) is 27.7 Å². The number of rotatable bonds is 3. The summed E-state index contributed by atoms with van der Waals surface area (Å²) in [5, 5.41) is 0. The second-order valence-electron chi connectivity index (χ2n) is 4.58. The van der Waals surface area contributed by atoms with Crippen LogP contribution >= 0.6 is 0 Å². The zero-order valence-corrected chi connectivity index (χ0v) is 11.1. The zero-order valence-electron chi connectivity index (χ0n) is 11.1. The van der Waals surface area contributed by atoms with E-state index in [1.165, 1.54) is 5.56 Å². The first-order valence-electron chi connectivity index (χ1n) is 6.32. The molecule has 0 saturated heterocycles. The maximum absolute atomic E-state index is 5.48. The highest BCUT2D eigenvalue weighted by molar-refractivity contribution is 5.54. The molecule has 0 amide bonds. The van der Waals surface area contributed by atoms with E-state index < -0.39 is 0 Å². The Morgan fingerprint density at radius 2 is 1.74 bits per heavy atom. The van der Waals surface area contributed by atoms with Gasteiger partial charge in [-0.25, -0.2) is 0 Å². The summed E-state index contributed by atoms with van der Waals surface area (Å²) in [6, 6.07) is 14.3. The van der Waals surface area contributed by atoms with Crippen molar-refractivity contribution in [2.24, 2.45) is 0 Å². The molecule has 2 aromatic carbocycles. The Kier molecular flexibility index (Phi) is 3.03. The third-order valence-corrected chi connectivity index (χ3v) is 3.49. The Hall–Kier alpha value is -2.16. The van der Waals surface area contributed by atoms with Crippen molar-refractivity contribution in [3.63, 3.8) is 0 Å². The molecule has 1 aliphatic rings. The van der Waals surface area contributed by atoms with Gasteiger partial charge >= 0.3 is 0 Å². The van der Waals surface area contributed by atoms with E-state index in [2.05, 4.69) is 19.1 Å². The molecule has 0 N–H and O–H groups in total. The third kappa shape index (κ3) is 2.12. The highest BCUT2D eigenvalue weighted by Gasteiger charge is 2.21. The minimum absolute atomic E-state index is 0.241. The van der Waals surface area contributed by atoms with Gasteiger partial charge in [-0.2, -0.15) is 0 Å². The maximum atomic E-state index is 5.48. The molecule has 1 aliphatic heterocycles. The van der Waals surface area contributed by atoms with Gasteiger partial charge in [-0.15, -0.1) is 0 Å². The lowest BCUT2D eigenvalue weighted by molar-refractivity contribution is 0.174. The highest BCUT2D eigenvalue weighted by Crippen LogP contribution is 2.42. The minimum Gasteiger partial charge on any atom is -0.496 e. The predicted octanol–water partition coefficient (Wildman–Crippen LogP) is 3.58. The third-order valence-electron chi connectivity index (χ3n) is 3.49. The average Bonchev–Trinajstić information content (AvgIpc) is 2.93. The first kappa shape index (κ1) is 11.9. The number of fused-ring (bicyclic) bond motifs is 1. The lowest BCUT2D eigenvalue weighted by atomic mass is 9.92. The van der Waals surface area contributed by atoms with Crippen LogP contribution in [0.5, 0.6) is 17.2 Å². The Labute approximate surface area is 112 Å². The fourth-order valence-corrected chi connectivity index (χ4v) is 2.38. The first-order valence-corrected chi connectivity index (χ1v) is 6.32. The molecule has 0 aliphatic carbocycles. The standard InChI is InChI=1S/C16H16O3/c1-11(12-6-4-3-5-7-12)13-8-15-16(19-10-18-15)9-14(13)17-2/h3-9,11H,10H2,1-2H3/t11-/m1/s1. The molecule has 0 bridgehead atoms. The van der Waals surface area contributed by atoms with Gasteiger partial charge in [0.1, 0.15) is 5.75 Å². The predicted molar refractivity (Wildman–Crippen MR) is 73.1 cm³/mol. The van der Waals surface area contributed by atoms with Crippen LogP contribution in [0.25, 0.3) is 0 Å². The molecule has 0 unspecified atom stereocenters. The number of hydrogen-bond donors (Lipinski definition) is 0. The summed E-state index contributed by atoms with van der Waals surface area (Å²) >= 11 is 0. The molecule has 19 heavy (non-hydrogen) atoms. The molecule has 1 heterocycles. The van der Waals surface area contributed by atoms with Crippen LogP contribution < -0.4 is 14.2 Å². The molecule has 2 aromatic rings. The summed E-state index contributed by atoms with van der Waals surface area (Å²) in [6.07, 6.45) is 0. The van der Waals surface area contributed by atoms with Gasteiger partial charge in [0, 0.05) is 17.5 Å². The molecule has 0 spiro atoms. The molecule has 0 radical (unpaired) electrons. The lowest BCUT2D eigenvalue weighted by Gasteiger charge is -2.16. The van der Waals surface area contributed by atoms with Crippen molar-refractivity contribution < 1.29 is 14.2 Å². The molecule has 1 atom stereocenters. The normalized spacial score (nSPS) is 14.2. The van der Waals surface area contributed by atoms with E-state index in [-0.39, 0.29) is 12.7 Å². The number of benzene rings is 2. The molecule has 98 valence electrons. The van der Waals surface area contributed by atoms with Gasteiger partial charge in [-0.05, 0) is 11.6 Å². The van der Waals surface area contributed by atoms with E-state index in [0.717, 1.165) is 22.8 Å². The first-order chi connectivity index (χ1) is 9.29. The van der Waals surface area contributed by atoms with Crippen molar-refractivity contribution in [3.8, 4) is 17.2 Å². The Morgan fingerprint density at radius 3 is 2.42 bits per heavy atom. The molecule has 3 rings (SSSR count). The van der Waals surface area contributed by atoms with Crippen LogP contribution in [0.15, 0.2) is 42.5 Å². The van der Waals surface area contributed by atoms with Gasteiger partial charge < -0.3 is 14.2 Å². The van der Waals surface area contributed by atoms with Crippen molar-refractivity contribution in [2.75, 3.05) is 13.9 Å². The van der Waals surface area contributed by atoms with E-state index >= 15 is 0 Å². The van der Waals surface area contributed by atoms with Gasteiger partial charge in [-0.3, -0.25) is 0 Å². The van der Waals surface area contributed by atoms with Gasteiger partial charge in [0.25, 0.3) is 0 Å². The average molecular weight is 256 g/mol. The van der Waals surface area contributed by atoms with Crippen molar-refractivity contribution in [1.82, 2.24) is 0 Å². The van der Waals surface area contributed by atoms with Gasteiger partial charge in [0.05, 0.1) is 7.11 Å². The fourth-order valence-electron chi connectivity index (χ4n) is 2.38. The molecular weight excluding hydrogens is 240 g/mol. The second kappa shape index (κ2) is 4.84. The number of ether oxygens (including phenoxy) is 3. The summed E-state index contributed by atoms with van der Waals surface area (Å²) in [6.45, 7) is 2.44. The number of methoxy groups -OCH3 is 1. The lowest BCUT2D eigenvalue weighted by Crippen LogP contribution is -1.99. The van der Waals surface area contributed by atoms with Crippen LogP contribution in [0.2, 0.25) is 0 Å². The highest BCUT2D eigenvalue weighted by atomic mass is 16.7. The van der Waals surface area contributed by atoms with Crippen molar-refractivity contribution >= 4 is 0 Å². The second-order valence-corrected chi connectivity index (χ2v) is 4.58. The zero-order chi connectivity index (χ0) is 13.2. The van der Waals surface area contributed by atoms with E-state index in [0.29, 0.717) is 0 Å². The molecule has 0 aromatic heterocycles. The number of hydrogen-bond acceptors (Lipinski definition) is 3. The summed E-state index contributed by atoms with van der Waals surface area (Å²) < 4.78 is 16.3. The monoisotopic (exact) mass is 256 g/mol. The van der Waals surface area contributed by atoms with Crippen LogP contribution in [-0.4, -0.2) is 13.9 Å². The van der Waals surface area contributed by atoms with Crippen LogP contribution in [0.3, 0.4) is 0 Å². The van der Waals surface area contributed by atoms with Gasteiger partial charge in [0.2, 0.25) is 6.79 Å². The van der Waals surface area contributed by atoms with Crippen LogP contribution in [0.1, 0.15) is 24.0 Å². The van der Waals surface area contributed by atoms with Crippen LogP contribution in [0.4, 0.5) is 0 Å². The molecule has 3 heteroatoms. The fraction of sp³-hybridized carbons (Fsp3) is 0.250. The van der Waals surface area contributed by atoms with Crippen molar-refractivity contribution in [3.05, 3.63) is 53.6 Å². The van der Waals surface area contributed by atoms with E-state index in [9.17, 15) is 0 Å². The molecule has 3 nitrogen and oxygen atoms in total. The summed E-state index contributed by atoms with van der Waals surface area (Å²) in [4.78, 5) is 0. The smallest absolute Gasteiger partial charge is 0.231 e. The van der Waals surface area contributed by atoms with Crippen LogP contribution in [0, 0.1) is 0 Å². The van der Waals surface area contributed by atoms with Crippen LogP contribution in [-0.2, 0) is 0 Å². The van der Waals surface area contributed by atoms with Crippen molar-refractivity contribution in [2.45, 2.75) is 12.8 Å². The Morgan fingerprint density at radius 1 is 1.05 bits per heavy atom. The largest absolute Gasteiger partial charge is 0.496 e. The Bertz CT molecular complexity index is 578. The van der Waals surface area contributed by atoms with E-state index in [4.69, 9.17) is 14.2 Å². The quantitative estimate of drug-likeness (QED) is 0.840. The van der Waals surface area contributed by atoms with E-state index in [1.807, 2.05) is 30.3 Å². The summed E-state index contributed by atoms with van der Waals surface area (Å²) in [5.41, 5.74) is 2.36. The SMILES string of the molecule is COc1cc2c(cc1[C@H](C)c1ccccc1)OCO2. The van der Waals surface area contributed by atoms with Crippen molar-refractivity contribution in [1.29, 1.82) is 0 Å².